The fourth-order valence-electron chi connectivity index (χ4n) is 1.54. The van der Waals surface area contributed by atoms with Gasteiger partial charge in [-0.3, -0.25) is 0 Å². The van der Waals surface area contributed by atoms with E-state index in [2.05, 4.69) is 9.72 Å². The van der Waals surface area contributed by atoms with Gasteiger partial charge in [-0.15, -0.1) is 11.3 Å². The second-order valence-corrected chi connectivity index (χ2v) is 4.70. The predicted molar refractivity (Wildman–Crippen MR) is 55.0 cm³/mol. The van der Waals surface area contributed by atoms with Crippen LogP contribution in [0.15, 0.2) is 5.38 Å². The minimum Gasteiger partial charge on any atom is -0.461 e. The zero-order valence-corrected chi connectivity index (χ0v) is 9.82. The first-order valence-electron chi connectivity index (χ1n) is 5.10. The number of carbonyl (C=O) groups is 1. The molecule has 7 heteroatoms. The van der Waals surface area contributed by atoms with E-state index < -0.39 is 17.6 Å². The Morgan fingerprint density at radius 1 is 1.59 bits per heavy atom. The molecule has 0 radical (unpaired) electrons. The fraction of sp³-hybridized carbons (Fsp3) is 0.600. The number of esters is 1. The van der Waals surface area contributed by atoms with Gasteiger partial charge in [-0.2, -0.15) is 13.2 Å². The van der Waals surface area contributed by atoms with Crippen molar-refractivity contribution in [3.63, 3.8) is 0 Å². The smallest absolute Gasteiger partial charge is 0.400 e. The van der Waals surface area contributed by atoms with Crippen molar-refractivity contribution in [1.82, 2.24) is 4.98 Å². The van der Waals surface area contributed by atoms with Gasteiger partial charge in [0.25, 0.3) is 0 Å². The summed E-state index contributed by atoms with van der Waals surface area (Å²) in [5.74, 6) is -0.673. The molecule has 1 aliphatic rings. The number of rotatable bonds is 3. The average Bonchev–Trinajstić information content (AvgIpc) is 2.91. The SMILES string of the molecule is CCOC(=O)c1csc(C2(C(F)(F)F)CC2)n1. The van der Waals surface area contributed by atoms with Crippen LogP contribution in [0, 0.1) is 0 Å². The molecule has 0 aliphatic heterocycles. The molecule has 0 spiro atoms. The Kier molecular flexibility index (Phi) is 2.89. The molecule has 1 heterocycles. The van der Waals surface area contributed by atoms with Crippen LogP contribution in [-0.4, -0.2) is 23.7 Å². The summed E-state index contributed by atoms with van der Waals surface area (Å²) < 4.78 is 43.1. The number of thiazole rings is 1. The van der Waals surface area contributed by atoms with Crippen molar-refractivity contribution in [2.45, 2.75) is 31.4 Å². The van der Waals surface area contributed by atoms with E-state index in [0.717, 1.165) is 11.3 Å². The molecule has 1 aromatic rings. The second-order valence-electron chi connectivity index (χ2n) is 3.84. The second kappa shape index (κ2) is 3.97. The van der Waals surface area contributed by atoms with Crippen LogP contribution < -0.4 is 0 Å². The van der Waals surface area contributed by atoms with Crippen molar-refractivity contribution in [3.8, 4) is 0 Å². The number of carbonyl (C=O) groups excluding carboxylic acids is 1. The van der Waals surface area contributed by atoms with E-state index in [4.69, 9.17) is 0 Å². The van der Waals surface area contributed by atoms with Gasteiger partial charge in [0.05, 0.1) is 6.61 Å². The van der Waals surface area contributed by atoms with E-state index in [1.807, 2.05) is 0 Å². The number of alkyl halides is 3. The van der Waals surface area contributed by atoms with Gasteiger partial charge in [-0.05, 0) is 19.8 Å². The number of nitrogens with zero attached hydrogens (tertiary/aromatic N) is 1. The minimum atomic E-state index is -4.29. The zero-order valence-electron chi connectivity index (χ0n) is 9.00. The van der Waals surface area contributed by atoms with Crippen molar-refractivity contribution in [1.29, 1.82) is 0 Å². The maximum Gasteiger partial charge on any atom is 0.400 e. The highest BCUT2D eigenvalue weighted by molar-refractivity contribution is 7.10. The molecule has 1 fully saturated rings. The highest BCUT2D eigenvalue weighted by atomic mass is 32.1. The van der Waals surface area contributed by atoms with Crippen LogP contribution in [-0.2, 0) is 10.2 Å². The van der Waals surface area contributed by atoms with Gasteiger partial charge in [-0.1, -0.05) is 0 Å². The summed E-state index contributed by atoms with van der Waals surface area (Å²) in [6.45, 7) is 1.80. The standard InChI is InChI=1S/C10H10F3NO2S/c1-2-16-7(15)6-5-17-8(14-6)9(3-4-9)10(11,12)13/h5H,2-4H2,1H3. The first-order valence-corrected chi connectivity index (χ1v) is 5.98. The summed E-state index contributed by atoms with van der Waals surface area (Å²) in [7, 11) is 0. The summed E-state index contributed by atoms with van der Waals surface area (Å²) >= 11 is 0.868. The van der Waals surface area contributed by atoms with E-state index in [1.165, 1.54) is 5.38 Å². The lowest BCUT2D eigenvalue weighted by molar-refractivity contribution is -0.160. The molecule has 3 nitrogen and oxygen atoms in total. The molecule has 0 amide bonds. The Morgan fingerprint density at radius 2 is 2.24 bits per heavy atom. The maximum absolute atomic E-state index is 12.8. The van der Waals surface area contributed by atoms with E-state index in [-0.39, 0.29) is 30.2 Å². The van der Waals surface area contributed by atoms with Crippen LogP contribution >= 0.6 is 11.3 Å². The van der Waals surface area contributed by atoms with Crippen molar-refractivity contribution in [2.24, 2.45) is 0 Å². The van der Waals surface area contributed by atoms with Crippen molar-refractivity contribution < 1.29 is 22.7 Å². The molecule has 0 aromatic carbocycles. The summed E-state index contributed by atoms with van der Waals surface area (Å²) in [5.41, 5.74) is -1.86. The van der Waals surface area contributed by atoms with Crippen molar-refractivity contribution in [2.75, 3.05) is 6.61 Å². The molecule has 0 N–H and O–H groups in total. The number of hydrogen-bond donors (Lipinski definition) is 0. The Hall–Kier alpha value is -1.11. The summed E-state index contributed by atoms with van der Waals surface area (Å²) in [4.78, 5) is 15.0. The largest absolute Gasteiger partial charge is 0.461 e. The summed E-state index contributed by atoms with van der Waals surface area (Å²) in [6, 6.07) is 0. The maximum atomic E-state index is 12.8. The predicted octanol–water partition coefficient (Wildman–Crippen LogP) is 2.91. The third-order valence-corrected chi connectivity index (χ3v) is 3.74. The minimum absolute atomic E-state index is 0.0342. The van der Waals surface area contributed by atoms with Crippen LogP contribution in [0.25, 0.3) is 0 Å². The van der Waals surface area contributed by atoms with Gasteiger partial charge in [0.2, 0.25) is 0 Å². The Balaban J connectivity index is 2.22. The number of hydrogen-bond acceptors (Lipinski definition) is 4. The quantitative estimate of drug-likeness (QED) is 0.789. The number of halogens is 3. The highest BCUT2D eigenvalue weighted by Crippen LogP contribution is 2.59. The third kappa shape index (κ3) is 2.03. The molecule has 1 aliphatic carbocycles. The summed E-state index contributed by atoms with van der Waals surface area (Å²) in [6.07, 6.45) is -4.20. The lowest BCUT2D eigenvalue weighted by Crippen LogP contribution is -2.28. The van der Waals surface area contributed by atoms with E-state index in [9.17, 15) is 18.0 Å². The van der Waals surface area contributed by atoms with Crippen LogP contribution in [0.1, 0.15) is 35.3 Å². The van der Waals surface area contributed by atoms with Gasteiger partial charge in [0, 0.05) is 5.38 Å². The highest BCUT2D eigenvalue weighted by Gasteiger charge is 2.66. The fourth-order valence-corrected chi connectivity index (χ4v) is 2.60. The van der Waals surface area contributed by atoms with E-state index >= 15 is 0 Å². The molecule has 94 valence electrons. The molecule has 0 saturated heterocycles. The summed E-state index contributed by atoms with van der Waals surface area (Å²) in [5, 5.41) is 1.28. The molecular weight excluding hydrogens is 255 g/mol. The monoisotopic (exact) mass is 265 g/mol. The van der Waals surface area contributed by atoms with Gasteiger partial charge in [-0.25, -0.2) is 9.78 Å². The zero-order chi connectivity index (χ0) is 12.7. The molecular formula is C10H10F3NO2S. The van der Waals surface area contributed by atoms with Crippen LogP contribution in [0.4, 0.5) is 13.2 Å². The third-order valence-electron chi connectivity index (χ3n) is 2.69. The molecule has 2 rings (SSSR count). The van der Waals surface area contributed by atoms with Crippen molar-refractivity contribution in [3.05, 3.63) is 16.1 Å². The lowest BCUT2D eigenvalue weighted by atomic mass is 10.1. The molecule has 1 aromatic heterocycles. The van der Waals surface area contributed by atoms with Gasteiger partial charge >= 0.3 is 12.1 Å². The number of ether oxygens (including phenoxy) is 1. The van der Waals surface area contributed by atoms with Crippen molar-refractivity contribution >= 4 is 17.3 Å². The molecule has 0 unspecified atom stereocenters. The topological polar surface area (TPSA) is 39.2 Å². The Bertz CT molecular complexity index is 437. The Morgan fingerprint density at radius 3 is 2.71 bits per heavy atom. The normalized spacial score (nSPS) is 17.9. The van der Waals surface area contributed by atoms with Gasteiger partial charge in [0.15, 0.2) is 5.69 Å². The first kappa shape index (κ1) is 12.3. The molecule has 0 bridgehead atoms. The molecule has 0 atom stereocenters. The average molecular weight is 265 g/mol. The number of aromatic nitrogens is 1. The van der Waals surface area contributed by atoms with Crippen LogP contribution in [0.3, 0.4) is 0 Å². The lowest BCUT2D eigenvalue weighted by Gasteiger charge is -2.15. The van der Waals surface area contributed by atoms with Gasteiger partial charge < -0.3 is 4.74 Å². The van der Waals surface area contributed by atoms with Crippen LogP contribution in [0.2, 0.25) is 0 Å². The van der Waals surface area contributed by atoms with E-state index in [0.29, 0.717) is 0 Å². The Labute approximate surface area is 99.6 Å². The van der Waals surface area contributed by atoms with Crippen LogP contribution in [0.5, 0.6) is 0 Å². The molecule has 17 heavy (non-hydrogen) atoms. The van der Waals surface area contributed by atoms with Gasteiger partial charge in [0.1, 0.15) is 10.4 Å². The van der Waals surface area contributed by atoms with E-state index in [1.54, 1.807) is 6.92 Å². The molecule has 1 saturated carbocycles. The first-order chi connectivity index (χ1) is 7.90.